The number of fused-ring (bicyclic) bond motifs is 3. The van der Waals surface area contributed by atoms with Crippen LogP contribution in [0.3, 0.4) is 0 Å². The molecule has 4 rings (SSSR count). The second-order valence-electron chi connectivity index (χ2n) is 5.71. The van der Waals surface area contributed by atoms with Crippen LogP contribution in [0.4, 0.5) is 5.82 Å². The number of nitrogens with two attached hydrogens (primary N) is 1. The third-order valence-electron chi connectivity index (χ3n) is 4.11. The van der Waals surface area contributed by atoms with E-state index in [1.807, 2.05) is 5.38 Å². The first-order valence-corrected chi connectivity index (χ1v) is 8.90. The number of pyridine rings is 1. The highest BCUT2D eigenvalue weighted by atomic mass is 32.1. The van der Waals surface area contributed by atoms with E-state index in [2.05, 4.69) is 22.6 Å². The van der Waals surface area contributed by atoms with Crippen LogP contribution in [0.1, 0.15) is 5.56 Å². The molecule has 3 N–H and O–H groups in total. The van der Waals surface area contributed by atoms with Crippen LogP contribution < -0.4 is 20.4 Å². The van der Waals surface area contributed by atoms with Gasteiger partial charge in [0.2, 0.25) is 5.82 Å². The van der Waals surface area contributed by atoms with Crippen molar-refractivity contribution >= 4 is 33.1 Å². The Hall–Kier alpha value is -3.70. The molecule has 7 nitrogen and oxygen atoms in total. The van der Waals surface area contributed by atoms with Gasteiger partial charge in [0, 0.05) is 10.9 Å². The summed E-state index contributed by atoms with van der Waals surface area (Å²) in [6, 6.07) is 9.20. The highest BCUT2D eigenvalue weighted by Gasteiger charge is 2.24. The summed E-state index contributed by atoms with van der Waals surface area (Å²) in [5.41, 5.74) is 7.44. The Kier molecular flexibility index (Phi) is 4.06. The third kappa shape index (κ3) is 2.70. The van der Waals surface area contributed by atoms with Crippen molar-refractivity contribution in [1.29, 1.82) is 5.26 Å². The first-order valence-electron chi connectivity index (χ1n) is 8.02. The van der Waals surface area contributed by atoms with E-state index in [1.165, 1.54) is 11.3 Å². The van der Waals surface area contributed by atoms with Crippen LogP contribution in [0.5, 0.6) is 5.75 Å². The summed E-state index contributed by atoms with van der Waals surface area (Å²) in [4.78, 5) is 20.6. The van der Waals surface area contributed by atoms with Gasteiger partial charge in [0.15, 0.2) is 0 Å². The second kappa shape index (κ2) is 6.55. The fraction of sp³-hybridized carbons (Fsp3) is 0.0526. The van der Waals surface area contributed by atoms with Crippen molar-refractivity contribution in [2.24, 2.45) is 0 Å². The van der Waals surface area contributed by atoms with E-state index in [0.717, 1.165) is 0 Å². The van der Waals surface area contributed by atoms with Crippen molar-refractivity contribution in [3.8, 4) is 22.9 Å². The number of anilines is 1. The Bertz CT molecular complexity index is 1280. The van der Waals surface area contributed by atoms with Crippen molar-refractivity contribution < 1.29 is 9.14 Å². The van der Waals surface area contributed by atoms with Crippen molar-refractivity contribution in [3.05, 3.63) is 64.4 Å². The van der Waals surface area contributed by atoms with Crippen LogP contribution in [0.15, 0.2) is 53.3 Å². The SMILES string of the molecule is C=CCOc1ccc(-c2c(C#N)c(N)nc3c2c(=O)[nH]c2scc[n+]23)cc1. The number of aromatic nitrogens is 3. The van der Waals surface area contributed by atoms with Gasteiger partial charge in [-0.1, -0.05) is 41.1 Å². The molecule has 0 atom stereocenters. The Morgan fingerprint density at radius 1 is 1.41 bits per heavy atom. The Balaban J connectivity index is 2.05. The molecule has 3 heterocycles. The topological polar surface area (TPSA) is 109 Å². The average molecular weight is 376 g/mol. The second-order valence-corrected chi connectivity index (χ2v) is 6.61. The quantitative estimate of drug-likeness (QED) is 0.420. The zero-order chi connectivity index (χ0) is 19.0. The number of hydrogen-bond acceptors (Lipinski definition) is 6. The zero-order valence-electron chi connectivity index (χ0n) is 14.1. The predicted octanol–water partition coefficient (Wildman–Crippen LogP) is 2.41. The monoisotopic (exact) mass is 376 g/mol. The van der Waals surface area contributed by atoms with Gasteiger partial charge in [-0.2, -0.15) is 9.66 Å². The minimum absolute atomic E-state index is 0.0811. The third-order valence-corrected chi connectivity index (χ3v) is 4.89. The molecule has 8 heteroatoms. The maximum Gasteiger partial charge on any atom is 0.319 e. The number of hydrogen-bond donors (Lipinski definition) is 2. The molecule has 0 radical (unpaired) electrons. The Morgan fingerprint density at radius 2 is 2.19 bits per heavy atom. The van der Waals surface area contributed by atoms with Crippen molar-refractivity contribution in [2.45, 2.75) is 0 Å². The van der Waals surface area contributed by atoms with E-state index in [-0.39, 0.29) is 16.9 Å². The lowest BCUT2D eigenvalue weighted by Gasteiger charge is -2.09. The lowest BCUT2D eigenvalue weighted by molar-refractivity contribution is -0.482. The van der Waals surface area contributed by atoms with Gasteiger partial charge in [0.25, 0.3) is 10.6 Å². The molecule has 132 valence electrons. The van der Waals surface area contributed by atoms with E-state index in [4.69, 9.17) is 10.5 Å². The van der Waals surface area contributed by atoms with Gasteiger partial charge in [-0.15, -0.1) is 0 Å². The van der Waals surface area contributed by atoms with Gasteiger partial charge in [-0.3, -0.25) is 4.79 Å². The highest BCUT2D eigenvalue weighted by Crippen LogP contribution is 2.32. The molecule has 27 heavy (non-hydrogen) atoms. The van der Waals surface area contributed by atoms with E-state index >= 15 is 0 Å². The fourth-order valence-corrected chi connectivity index (χ4v) is 3.68. The number of rotatable bonds is 4. The minimum atomic E-state index is -0.321. The molecule has 3 aromatic heterocycles. The van der Waals surface area contributed by atoms with Crippen LogP contribution in [0, 0.1) is 11.3 Å². The summed E-state index contributed by atoms with van der Waals surface area (Å²) in [5.74, 6) is 0.740. The summed E-state index contributed by atoms with van der Waals surface area (Å²) in [7, 11) is 0. The minimum Gasteiger partial charge on any atom is -0.490 e. The molecular formula is C19H14N5O2S+. The highest BCUT2D eigenvalue weighted by molar-refractivity contribution is 7.14. The number of ether oxygens (including phenoxy) is 1. The Morgan fingerprint density at radius 3 is 2.89 bits per heavy atom. The summed E-state index contributed by atoms with van der Waals surface area (Å²) in [6.45, 7) is 4.01. The number of nitrogens with one attached hydrogen (secondary N) is 1. The number of nitriles is 1. The molecular weight excluding hydrogens is 362 g/mol. The molecule has 0 fully saturated rings. The van der Waals surface area contributed by atoms with Gasteiger partial charge >= 0.3 is 5.56 Å². The standard InChI is InChI=1S/C19H13N5O2S/c1-2-8-26-12-5-3-11(4-6-12)14-13(10-20)16(21)22-17-15(14)18(25)23-19-24(17)7-9-27-19/h2-7,9H,1,8H2,(H2,21,22,25)/p+1. The molecule has 0 bridgehead atoms. The van der Waals surface area contributed by atoms with Gasteiger partial charge in [-0.05, 0) is 17.7 Å². The maximum absolute atomic E-state index is 12.8. The Labute approximate surface area is 157 Å². The molecule has 0 spiro atoms. The van der Waals surface area contributed by atoms with Gasteiger partial charge < -0.3 is 10.5 Å². The fourth-order valence-electron chi connectivity index (χ4n) is 2.95. The van der Waals surface area contributed by atoms with E-state index in [1.54, 1.807) is 40.9 Å². The van der Waals surface area contributed by atoms with Crippen molar-refractivity contribution in [2.75, 3.05) is 12.3 Å². The molecule has 0 aliphatic carbocycles. The summed E-state index contributed by atoms with van der Waals surface area (Å²) in [5, 5.41) is 11.8. The number of H-pyrrole nitrogens is 1. The van der Waals surface area contributed by atoms with E-state index in [0.29, 0.717) is 39.5 Å². The molecule has 0 saturated heterocycles. The number of nitrogen functional groups attached to an aromatic ring is 1. The molecule has 0 aliphatic rings. The molecule has 0 amide bonds. The van der Waals surface area contributed by atoms with Gasteiger partial charge in [0.05, 0.1) is 6.20 Å². The van der Waals surface area contributed by atoms with Crippen LogP contribution in [-0.4, -0.2) is 16.6 Å². The predicted molar refractivity (Wildman–Crippen MR) is 104 cm³/mol. The normalized spacial score (nSPS) is 10.8. The summed E-state index contributed by atoms with van der Waals surface area (Å²) in [6.07, 6.45) is 3.45. The first-order chi connectivity index (χ1) is 13.1. The van der Waals surface area contributed by atoms with E-state index < -0.39 is 0 Å². The van der Waals surface area contributed by atoms with Crippen LogP contribution >= 0.6 is 11.3 Å². The van der Waals surface area contributed by atoms with Gasteiger partial charge in [0.1, 0.15) is 29.4 Å². The number of aromatic amines is 1. The van der Waals surface area contributed by atoms with Crippen molar-refractivity contribution in [1.82, 2.24) is 9.97 Å². The number of benzene rings is 1. The van der Waals surface area contributed by atoms with Gasteiger partial charge in [-0.25, -0.2) is 4.98 Å². The lowest BCUT2D eigenvalue weighted by atomic mass is 9.98. The van der Waals surface area contributed by atoms with Crippen molar-refractivity contribution in [3.63, 3.8) is 0 Å². The smallest absolute Gasteiger partial charge is 0.319 e. The van der Waals surface area contributed by atoms with Crippen LogP contribution in [0.2, 0.25) is 0 Å². The number of thiazole rings is 1. The summed E-state index contributed by atoms with van der Waals surface area (Å²) >= 11 is 1.38. The van der Waals surface area contributed by atoms with E-state index in [9.17, 15) is 10.1 Å². The maximum atomic E-state index is 12.8. The molecule has 1 aromatic carbocycles. The first kappa shape index (κ1) is 16.8. The number of nitrogens with zero attached hydrogens (tertiary/aromatic N) is 3. The largest absolute Gasteiger partial charge is 0.490 e. The lowest BCUT2D eigenvalue weighted by Crippen LogP contribution is -2.28. The molecule has 4 aromatic rings. The molecule has 0 saturated carbocycles. The molecule has 0 aliphatic heterocycles. The zero-order valence-corrected chi connectivity index (χ0v) is 14.9. The average Bonchev–Trinajstić information content (AvgIpc) is 3.14. The molecule has 0 unspecified atom stereocenters. The summed E-state index contributed by atoms with van der Waals surface area (Å²) < 4.78 is 7.25. The van der Waals surface area contributed by atoms with Crippen LogP contribution in [0.25, 0.3) is 27.1 Å². The van der Waals surface area contributed by atoms with Crippen LogP contribution in [-0.2, 0) is 0 Å².